The van der Waals surface area contributed by atoms with Gasteiger partial charge >= 0.3 is 5.97 Å². The van der Waals surface area contributed by atoms with Crippen LogP contribution < -0.4 is 10.7 Å². The van der Waals surface area contributed by atoms with E-state index in [2.05, 4.69) is 5.32 Å². The van der Waals surface area contributed by atoms with Gasteiger partial charge in [0.25, 0.3) is 5.91 Å². The third-order valence-corrected chi connectivity index (χ3v) is 9.40. The molecule has 34 heavy (non-hydrogen) atoms. The van der Waals surface area contributed by atoms with Gasteiger partial charge in [0.15, 0.2) is 5.58 Å². The predicted molar refractivity (Wildman–Crippen MR) is 133 cm³/mol. The molecule has 0 aromatic carbocycles. The van der Waals surface area contributed by atoms with Crippen molar-refractivity contribution in [2.75, 3.05) is 5.75 Å². The maximum Gasteiger partial charge on any atom is 0.352 e. The number of nitrogens with zero attached hydrogens (tertiary/aromatic N) is 1. The number of hydrogen-bond donors (Lipinski definition) is 2. The van der Waals surface area contributed by atoms with E-state index in [1.165, 1.54) is 63.4 Å². The quantitative estimate of drug-likeness (QED) is 0.351. The van der Waals surface area contributed by atoms with Crippen molar-refractivity contribution in [3.63, 3.8) is 0 Å². The van der Waals surface area contributed by atoms with Crippen molar-refractivity contribution < 1.29 is 23.9 Å². The predicted octanol–water partition coefficient (Wildman–Crippen LogP) is 3.50. The van der Waals surface area contributed by atoms with Crippen LogP contribution in [0, 0.1) is 0 Å². The second-order valence-electron chi connectivity index (χ2n) is 7.35. The van der Waals surface area contributed by atoms with Gasteiger partial charge in [-0.25, -0.2) is 4.79 Å². The van der Waals surface area contributed by atoms with Crippen molar-refractivity contribution in [1.29, 1.82) is 0 Å². The molecule has 8 nitrogen and oxygen atoms in total. The van der Waals surface area contributed by atoms with E-state index in [0.29, 0.717) is 16.9 Å². The van der Waals surface area contributed by atoms with Gasteiger partial charge < -0.3 is 14.8 Å². The highest BCUT2D eigenvalue weighted by Gasteiger charge is 2.53. The molecule has 2 N–H and O–H groups in total. The molecule has 174 valence electrons. The Morgan fingerprint density at radius 2 is 2.18 bits per heavy atom. The van der Waals surface area contributed by atoms with E-state index >= 15 is 0 Å². The first kappa shape index (κ1) is 23.0. The number of nitrogens with one attached hydrogen (secondary N) is 1. The van der Waals surface area contributed by atoms with Gasteiger partial charge in [0.05, 0.1) is 21.6 Å². The Balaban J connectivity index is 1.29. The molecule has 5 heterocycles. The molecule has 1 saturated heterocycles. The summed E-state index contributed by atoms with van der Waals surface area (Å²) in [6.07, 6.45) is 3.31. The number of carbonyl (C=O) groups is 3. The highest BCUT2D eigenvalue weighted by molar-refractivity contribution is 8.04. The lowest BCUT2D eigenvalue weighted by atomic mass is 10.0. The lowest BCUT2D eigenvalue weighted by Gasteiger charge is -2.49. The molecule has 2 aliphatic rings. The molecular formula is C22H16N2O6S4. The van der Waals surface area contributed by atoms with Gasteiger partial charge in [-0.2, -0.15) is 0 Å². The largest absolute Gasteiger partial charge is 0.477 e. The van der Waals surface area contributed by atoms with Crippen molar-refractivity contribution >= 4 is 74.3 Å². The third-order valence-electron chi connectivity index (χ3n) is 5.20. The van der Waals surface area contributed by atoms with E-state index in [4.69, 9.17) is 4.42 Å². The number of carboxylic acid groups (broad SMARTS) is 1. The Labute approximate surface area is 209 Å². The topological polar surface area (TPSA) is 117 Å². The van der Waals surface area contributed by atoms with Crippen molar-refractivity contribution in [2.45, 2.75) is 22.0 Å². The SMILES string of the molecule is O=C(Cc1cccs1)NC1C(=O)N2C(C(=O)O)=C(C=CSc3cc(=O)c4occc4s3)CS[C@H]12. The van der Waals surface area contributed by atoms with E-state index in [0.717, 1.165) is 13.8 Å². The van der Waals surface area contributed by atoms with E-state index in [1.807, 2.05) is 17.5 Å². The van der Waals surface area contributed by atoms with Gasteiger partial charge in [-0.05, 0) is 34.6 Å². The molecule has 3 aromatic rings. The Morgan fingerprint density at radius 1 is 1.32 bits per heavy atom. The minimum absolute atomic E-state index is 0.0761. The van der Waals surface area contributed by atoms with Gasteiger partial charge in [0.1, 0.15) is 17.1 Å². The number of amides is 2. The Morgan fingerprint density at radius 3 is 2.94 bits per heavy atom. The van der Waals surface area contributed by atoms with E-state index in [-0.39, 0.29) is 23.5 Å². The summed E-state index contributed by atoms with van der Waals surface area (Å²) < 4.78 is 6.65. The molecule has 5 rings (SSSR count). The van der Waals surface area contributed by atoms with E-state index in [9.17, 15) is 24.3 Å². The van der Waals surface area contributed by atoms with Crippen LogP contribution in [0.1, 0.15) is 4.88 Å². The standard InChI is InChI=1S/C22H16N2O6S4/c25-13-9-16(34-14-3-5-30-19(13)14)32-7-4-11-10-33-21-17(20(27)24(21)18(11)22(28)29)23-15(26)8-12-2-1-6-31-12/h1-7,9,17,21H,8,10H2,(H,23,26)(H,28,29)/t17?,21-/m1/s1. The monoisotopic (exact) mass is 532 g/mol. The van der Waals surface area contributed by atoms with E-state index < -0.39 is 23.3 Å². The maximum atomic E-state index is 12.8. The van der Waals surface area contributed by atoms with Gasteiger partial charge in [0, 0.05) is 16.7 Å². The fraction of sp³-hybridized carbons (Fsp3) is 0.182. The summed E-state index contributed by atoms with van der Waals surface area (Å²) in [7, 11) is 0. The number of rotatable bonds is 7. The fourth-order valence-corrected chi connectivity index (χ4v) is 7.62. The molecule has 0 aliphatic carbocycles. The lowest BCUT2D eigenvalue weighted by molar-refractivity contribution is -0.150. The number of furan rings is 1. The molecule has 0 spiro atoms. The molecule has 2 atom stereocenters. The van der Waals surface area contributed by atoms with Crippen LogP contribution in [0.5, 0.6) is 0 Å². The first-order chi connectivity index (χ1) is 16.4. The van der Waals surface area contributed by atoms with Crippen LogP contribution in [0.2, 0.25) is 0 Å². The minimum Gasteiger partial charge on any atom is -0.477 e. The average molecular weight is 533 g/mol. The van der Waals surface area contributed by atoms with Gasteiger partial charge in [-0.15, -0.1) is 34.4 Å². The number of hydrogen-bond acceptors (Lipinski definition) is 9. The van der Waals surface area contributed by atoms with E-state index in [1.54, 1.807) is 17.6 Å². The number of β-lactam (4-membered cyclic amide) rings is 1. The van der Waals surface area contributed by atoms with Crippen molar-refractivity contribution in [3.8, 4) is 0 Å². The summed E-state index contributed by atoms with van der Waals surface area (Å²) in [6.45, 7) is 0. The first-order valence-corrected chi connectivity index (χ1v) is 13.6. The third kappa shape index (κ3) is 4.33. The minimum atomic E-state index is -1.20. The number of carbonyl (C=O) groups excluding carboxylic acids is 2. The average Bonchev–Trinajstić information content (AvgIpc) is 3.49. The molecule has 2 amide bonds. The zero-order valence-electron chi connectivity index (χ0n) is 17.3. The van der Waals surface area contributed by atoms with Crippen LogP contribution >= 0.6 is 46.2 Å². The lowest BCUT2D eigenvalue weighted by Crippen LogP contribution is -2.70. The summed E-state index contributed by atoms with van der Waals surface area (Å²) in [4.78, 5) is 51.3. The smallest absolute Gasteiger partial charge is 0.352 e. The molecule has 0 radical (unpaired) electrons. The Hall–Kier alpha value is -2.80. The number of thioether (sulfide) groups is 2. The summed E-state index contributed by atoms with van der Waals surface area (Å²) in [5, 5.41) is 15.7. The van der Waals surface area contributed by atoms with Crippen LogP contribution in [0.4, 0.5) is 0 Å². The van der Waals surface area contributed by atoms with Crippen LogP contribution in [0.3, 0.4) is 0 Å². The second-order valence-corrected chi connectivity index (χ2v) is 11.8. The molecule has 0 saturated carbocycles. The number of carboxylic acids is 1. The number of fused-ring (bicyclic) bond motifs is 2. The molecule has 1 fully saturated rings. The Kier molecular flexibility index (Phi) is 6.38. The van der Waals surface area contributed by atoms with Crippen LogP contribution in [-0.2, 0) is 20.8 Å². The molecule has 3 aromatic heterocycles. The summed E-state index contributed by atoms with van der Waals surface area (Å²) in [5.74, 6) is -1.52. The second kappa shape index (κ2) is 9.45. The van der Waals surface area contributed by atoms with Gasteiger partial charge in [-0.1, -0.05) is 17.8 Å². The summed E-state index contributed by atoms with van der Waals surface area (Å²) >= 11 is 5.56. The Bertz CT molecular complexity index is 1400. The zero-order chi connectivity index (χ0) is 23.8. The van der Waals surface area contributed by atoms with Crippen molar-refractivity contribution in [2.24, 2.45) is 0 Å². The van der Waals surface area contributed by atoms with Crippen LogP contribution in [0.15, 0.2) is 72.1 Å². The zero-order valence-corrected chi connectivity index (χ0v) is 20.5. The highest BCUT2D eigenvalue weighted by Crippen LogP contribution is 2.41. The van der Waals surface area contributed by atoms with Crippen molar-refractivity contribution in [1.82, 2.24) is 10.2 Å². The molecular weight excluding hydrogens is 517 g/mol. The first-order valence-electron chi connectivity index (χ1n) is 10.00. The van der Waals surface area contributed by atoms with Gasteiger partial charge in [-0.3, -0.25) is 19.3 Å². The van der Waals surface area contributed by atoms with Crippen LogP contribution in [0.25, 0.3) is 10.3 Å². The molecule has 2 aliphatic heterocycles. The highest BCUT2D eigenvalue weighted by atomic mass is 32.2. The summed E-state index contributed by atoms with van der Waals surface area (Å²) in [6, 6.07) is 6.16. The fourth-order valence-electron chi connectivity index (χ4n) is 3.68. The summed E-state index contributed by atoms with van der Waals surface area (Å²) in [5.41, 5.74) is 0.522. The van der Waals surface area contributed by atoms with Crippen LogP contribution in [-0.4, -0.2) is 45.0 Å². The van der Waals surface area contributed by atoms with Gasteiger partial charge in [0.2, 0.25) is 11.3 Å². The molecule has 0 bridgehead atoms. The molecule has 12 heteroatoms. The molecule has 1 unspecified atom stereocenters. The maximum absolute atomic E-state index is 12.8. The number of allylic oxidation sites excluding steroid dienone is 1. The number of aliphatic carboxylic acids is 1. The number of thiophene rings is 1. The van der Waals surface area contributed by atoms with Crippen molar-refractivity contribution in [3.05, 3.63) is 73.8 Å². The normalized spacial score (nSPS) is 20.0.